The van der Waals surface area contributed by atoms with Gasteiger partial charge in [-0.05, 0) is 56.7 Å². The van der Waals surface area contributed by atoms with Gasteiger partial charge in [-0.1, -0.05) is 23.4 Å². The minimum atomic E-state index is -0.271. The molecule has 0 aromatic heterocycles. The first-order valence-electron chi connectivity index (χ1n) is 10.8. The number of amides is 1. The van der Waals surface area contributed by atoms with Gasteiger partial charge < -0.3 is 14.6 Å². The number of nitrogens with zero attached hydrogens (tertiary/aromatic N) is 2. The number of rotatable bonds is 10. The lowest BCUT2D eigenvalue weighted by atomic mass is 10.1. The van der Waals surface area contributed by atoms with E-state index in [2.05, 4.69) is 18.7 Å². The molecule has 0 saturated heterocycles. The van der Waals surface area contributed by atoms with Gasteiger partial charge in [-0.3, -0.25) is 14.6 Å². The zero-order valence-electron chi connectivity index (χ0n) is 19.4. The van der Waals surface area contributed by atoms with E-state index >= 15 is 0 Å². The number of halogens is 2. The van der Waals surface area contributed by atoms with Crippen LogP contribution in [0.4, 0.5) is 5.69 Å². The summed E-state index contributed by atoms with van der Waals surface area (Å²) in [5.41, 5.74) is 1.69. The van der Waals surface area contributed by atoms with Crippen molar-refractivity contribution in [3.05, 3.63) is 47.0 Å². The van der Waals surface area contributed by atoms with Gasteiger partial charge in [-0.25, -0.2) is 0 Å². The number of hydrogen-bond acceptors (Lipinski definition) is 6. The van der Waals surface area contributed by atoms with Crippen molar-refractivity contribution in [3.63, 3.8) is 0 Å². The highest BCUT2D eigenvalue weighted by molar-refractivity contribution is 8.00. The molecule has 2 aromatic carbocycles. The number of aliphatic hydroxyl groups is 1. The first kappa shape index (κ1) is 27.6. The molecule has 0 aliphatic carbocycles. The molecule has 1 aliphatic rings. The Morgan fingerprint density at radius 2 is 2.00 bits per heavy atom. The lowest BCUT2D eigenvalue weighted by molar-refractivity contribution is -0.116. The van der Waals surface area contributed by atoms with Gasteiger partial charge >= 0.3 is 0 Å². The van der Waals surface area contributed by atoms with E-state index in [1.54, 1.807) is 30.7 Å². The molecule has 1 heterocycles. The summed E-state index contributed by atoms with van der Waals surface area (Å²) in [4.78, 5) is 17.6. The third-order valence-corrected chi connectivity index (χ3v) is 6.96. The van der Waals surface area contributed by atoms with Crippen molar-refractivity contribution in [2.45, 2.75) is 43.5 Å². The van der Waals surface area contributed by atoms with E-state index in [1.807, 2.05) is 36.4 Å². The summed E-state index contributed by atoms with van der Waals surface area (Å²) < 4.78 is 11.6. The van der Waals surface area contributed by atoms with E-state index in [9.17, 15) is 9.90 Å². The summed E-state index contributed by atoms with van der Waals surface area (Å²) in [6.45, 7) is 7.97. The van der Waals surface area contributed by atoms with Crippen molar-refractivity contribution in [3.8, 4) is 11.5 Å². The minimum Gasteiger partial charge on any atom is -0.497 e. The molecule has 182 valence electrons. The number of thioether (sulfide) groups is 1. The smallest absolute Gasteiger partial charge is 0.225 e. The zero-order chi connectivity index (χ0) is 23.3. The minimum absolute atomic E-state index is 0. The summed E-state index contributed by atoms with van der Waals surface area (Å²) in [5.74, 6) is 1.37. The Labute approximate surface area is 211 Å². The van der Waals surface area contributed by atoms with Gasteiger partial charge in [-0.2, -0.15) is 0 Å². The molecular formula is C24H32Cl2N2O4S. The van der Waals surface area contributed by atoms with E-state index < -0.39 is 0 Å². The lowest BCUT2D eigenvalue weighted by Gasteiger charge is -2.27. The van der Waals surface area contributed by atoms with Crippen molar-refractivity contribution >= 4 is 47.4 Å². The Morgan fingerprint density at radius 1 is 1.24 bits per heavy atom. The molecule has 6 nitrogen and oxygen atoms in total. The molecule has 1 aliphatic heterocycles. The highest BCUT2D eigenvalue weighted by Crippen LogP contribution is 2.54. The average molecular weight is 516 g/mol. The van der Waals surface area contributed by atoms with Gasteiger partial charge in [0.2, 0.25) is 5.91 Å². The number of methoxy groups -OCH3 is 1. The van der Waals surface area contributed by atoms with Crippen LogP contribution >= 0.6 is 35.8 Å². The highest BCUT2D eigenvalue weighted by atomic mass is 35.5. The molecule has 9 heteroatoms. The molecule has 0 bridgehead atoms. The van der Waals surface area contributed by atoms with Crippen LogP contribution in [-0.4, -0.2) is 55.4 Å². The number of hydrogen-bond donors (Lipinski definition) is 1. The Kier molecular flexibility index (Phi) is 10.6. The van der Waals surface area contributed by atoms with Crippen LogP contribution in [0.2, 0.25) is 5.02 Å². The van der Waals surface area contributed by atoms with Gasteiger partial charge in [0.15, 0.2) is 0 Å². The molecule has 1 atom stereocenters. The van der Waals surface area contributed by atoms with Crippen LogP contribution in [0.25, 0.3) is 0 Å². The summed E-state index contributed by atoms with van der Waals surface area (Å²) in [6, 6.07) is 11.7. The molecule has 1 unspecified atom stereocenters. The van der Waals surface area contributed by atoms with Crippen LogP contribution in [0.3, 0.4) is 0 Å². The zero-order valence-corrected chi connectivity index (χ0v) is 21.8. The molecule has 1 N–H and O–H groups in total. The monoisotopic (exact) mass is 514 g/mol. The average Bonchev–Trinajstić information content (AvgIpc) is 3.14. The summed E-state index contributed by atoms with van der Waals surface area (Å²) in [6.07, 6.45) is 0.827. The summed E-state index contributed by atoms with van der Waals surface area (Å²) in [5, 5.41) is 9.58. The van der Waals surface area contributed by atoms with Gasteiger partial charge in [-0.15, -0.1) is 12.4 Å². The normalized spacial score (nSPS) is 14.9. The van der Waals surface area contributed by atoms with Crippen LogP contribution < -0.4 is 14.4 Å². The van der Waals surface area contributed by atoms with Crippen LogP contribution in [0.15, 0.2) is 41.3 Å². The maximum absolute atomic E-state index is 12.6. The van der Waals surface area contributed by atoms with Crippen molar-refractivity contribution in [2.24, 2.45) is 0 Å². The number of anilines is 1. The van der Waals surface area contributed by atoms with E-state index in [0.29, 0.717) is 30.0 Å². The SMILES string of the molecule is COc1ccc(OCCCN(CCO)C(C)C)c(C2Sc3ccc(Cl)cc3N2C(C)=O)c1.Cl. The Balaban J connectivity index is 0.00000385. The molecule has 0 saturated carbocycles. The predicted molar refractivity (Wildman–Crippen MR) is 137 cm³/mol. The van der Waals surface area contributed by atoms with Crippen molar-refractivity contribution in [1.82, 2.24) is 4.90 Å². The first-order chi connectivity index (χ1) is 15.3. The fourth-order valence-electron chi connectivity index (χ4n) is 3.80. The van der Waals surface area contributed by atoms with E-state index in [0.717, 1.165) is 34.9 Å². The molecule has 33 heavy (non-hydrogen) atoms. The van der Waals surface area contributed by atoms with Crippen molar-refractivity contribution in [2.75, 3.05) is 38.3 Å². The predicted octanol–water partition coefficient (Wildman–Crippen LogP) is 5.40. The molecule has 2 aromatic rings. The molecular weight excluding hydrogens is 483 g/mol. The highest BCUT2D eigenvalue weighted by Gasteiger charge is 2.36. The van der Waals surface area contributed by atoms with Gasteiger partial charge in [0, 0.05) is 41.5 Å². The molecule has 1 amide bonds. The number of carbonyl (C=O) groups excluding carboxylic acids is 1. The van der Waals surface area contributed by atoms with Crippen LogP contribution in [0.5, 0.6) is 11.5 Å². The third kappa shape index (κ3) is 6.70. The Hall–Kier alpha value is -1.64. The van der Waals surface area contributed by atoms with Crippen LogP contribution in [0.1, 0.15) is 38.1 Å². The summed E-state index contributed by atoms with van der Waals surface area (Å²) >= 11 is 7.81. The molecule has 0 radical (unpaired) electrons. The number of fused-ring (bicyclic) bond motifs is 1. The molecule has 3 rings (SSSR count). The maximum Gasteiger partial charge on any atom is 0.225 e. The second-order valence-electron chi connectivity index (χ2n) is 7.93. The van der Waals surface area contributed by atoms with Crippen LogP contribution in [0, 0.1) is 0 Å². The standard InChI is InChI=1S/C24H31ClN2O4S.ClH/c1-16(2)26(11-12-28)10-5-13-31-22-8-7-19(30-4)15-20(22)24-27(17(3)29)21-14-18(25)6-9-23(21)32-24;/h6-9,14-16,24,28H,5,10-13H2,1-4H3;1H. The third-order valence-electron chi connectivity index (χ3n) is 5.44. The quantitative estimate of drug-likeness (QED) is 0.428. The Morgan fingerprint density at radius 3 is 2.64 bits per heavy atom. The maximum atomic E-state index is 12.6. The number of aliphatic hydroxyl groups excluding tert-OH is 1. The largest absolute Gasteiger partial charge is 0.497 e. The van der Waals surface area contributed by atoms with E-state index in [-0.39, 0.29) is 30.3 Å². The fraction of sp³-hybridized carbons (Fsp3) is 0.458. The topological polar surface area (TPSA) is 62.2 Å². The summed E-state index contributed by atoms with van der Waals surface area (Å²) in [7, 11) is 1.63. The van der Waals surface area contributed by atoms with Gasteiger partial charge in [0.25, 0.3) is 0 Å². The molecule has 0 spiro atoms. The van der Waals surface area contributed by atoms with Gasteiger partial charge in [0.05, 0.1) is 26.0 Å². The number of ether oxygens (including phenoxy) is 2. The number of carbonyl (C=O) groups is 1. The second-order valence-corrected chi connectivity index (χ2v) is 9.49. The van der Waals surface area contributed by atoms with Gasteiger partial charge in [0.1, 0.15) is 16.9 Å². The number of benzene rings is 2. The van der Waals surface area contributed by atoms with Crippen molar-refractivity contribution in [1.29, 1.82) is 0 Å². The lowest BCUT2D eigenvalue weighted by Crippen LogP contribution is -2.35. The van der Waals surface area contributed by atoms with Crippen LogP contribution in [-0.2, 0) is 4.79 Å². The first-order valence-corrected chi connectivity index (χ1v) is 12.0. The van der Waals surface area contributed by atoms with Crippen molar-refractivity contribution < 1.29 is 19.4 Å². The fourth-order valence-corrected chi connectivity index (χ4v) is 5.31. The second kappa shape index (κ2) is 12.7. The van der Waals surface area contributed by atoms with E-state index in [1.165, 1.54) is 0 Å². The van der Waals surface area contributed by atoms with E-state index in [4.69, 9.17) is 21.1 Å². The molecule has 0 fully saturated rings. The Bertz CT molecular complexity index is 945.